The second-order valence-electron chi connectivity index (χ2n) is 4.17. The van der Waals surface area contributed by atoms with Gasteiger partial charge in [0, 0.05) is 30.9 Å². The number of rotatable bonds is 7. The van der Waals surface area contributed by atoms with E-state index in [4.69, 9.17) is 5.11 Å². The standard InChI is InChI=1S/C12H15N5O2/c18-11(19)6-2-1-3-8-17-12(14-15-16-17)10-5-4-7-13-9-10/h4-5,7,9H,1-3,6,8H2,(H,18,19). The monoisotopic (exact) mass is 261 g/mol. The van der Waals surface area contributed by atoms with Crippen LogP contribution in [0.25, 0.3) is 11.4 Å². The number of carboxylic acid groups (broad SMARTS) is 1. The zero-order chi connectivity index (χ0) is 13.5. The first-order valence-electron chi connectivity index (χ1n) is 6.16. The van der Waals surface area contributed by atoms with Gasteiger partial charge in [-0.15, -0.1) is 5.10 Å². The van der Waals surface area contributed by atoms with E-state index in [0.717, 1.165) is 18.4 Å². The topological polar surface area (TPSA) is 93.8 Å². The minimum absolute atomic E-state index is 0.213. The first-order valence-corrected chi connectivity index (χ1v) is 6.16. The summed E-state index contributed by atoms with van der Waals surface area (Å²) >= 11 is 0. The molecule has 0 radical (unpaired) electrons. The third-order valence-corrected chi connectivity index (χ3v) is 2.71. The SMILES string of the molecule is O=C(O)CCCCCn1nnnc1-c1cccnc1. The number of tetrazole rings is 1. The minimum Gasteiger partial charge on any atom is -0.481 e. The second kappa shape index (κ2) is 6.58. The van der Waals surface area contributed by atoms with Gasteiger partial charge in [-0.3, -0.25) is 9.78 Å². The van der Waals surface area contributed by atoms with Crippen molar-refractivity contribution in [3.63, 3.8) is 0 Å². The van der Waals surface area contributed by atoms with Crippen molar-refractivity contribution >= 4 is 5.97 Å². The van der Waals surface area contributed by atoms with Crippen LogP contribution in [-0.2, 0) is 11.3 Å². The predicted octanol–water partition coefficient (Wildman–Crippen LogP) is 1.38. The third-order valence-electron chi connectivity index (χ3n) is 2.71. The summed E-state index contributed by atoms with van der Waals surface area (Å²) in [5.74, 6) is -0.0650. The van der Waals surface area contributed by atoms with E-state index in [2.05, 4.69) is 20.5 Å². The zero-order valence-corrected chi connectivity index (χ0v) is 10.4. The summed E-state index contributed by atoms with van der Waals surface area (Å²) in [6.45, 7) is 0.677. The largest absolute Gasteiger partial charge is 0.481 e. The Kier molecular flexibility index (Phi) is 4.54. The molecule has 100 valence electrons. The maximum Gasteiger partial charge on any atom is 0.303 e. The molecule has 7 nitrogen and oxygen atoms in total. The van der Waals surface area contributed by atoms with E-state index in [-0.39, 0.29) is 6.42 Å². The van der Waals surface area contributed by atoms with Crippen molar-refractivity contribution in [1.82, 2.24) is 25.2 Å². The molecule has 0 atom stereocenters. The van der Waals surface area contributed by atoms with E-state index in [0.29, 0.717) is 18.8 Å². The summed E-state index contributed by atoms with van der Waals surface area (Å²) in [7, 11) is 0. The molecule has 0 aromatic carbocycles. The summed E-state index contributed by atoms with van der Waals surface area (Å²) in [5.41, 5.74) is 0.873. The van der Waals surface area contributed by atoms with Crippen LogP contribution < -0.4 is 0 Å². The van der Waals surface area contributed by atoms with Gasteiger partial charge in [-0.1, -0.05) is 6.42 Å². The average molecular weight is 261 g/mol. The molecule has 2 aromatic heterocycles. The van der Waals surface area contributed by atoms with E-state index in [9.17, 15) is 4.79 Å². The minimum atomic E-state index is -0.751. The number of carbonyl (C=O) groups is 1. The van der Waals surface area contributed by atoms with Crippen LogP contribution in [-0.4, -0.2) is 36.3 Å². The molecular weight excluding hydrogens is 246 g/mol. The summed E-state index contributed by atoms with van der Waals surface area (Å²) in [4.78, 5) is 14.4. The van der Waals surface area contributed by atoms with Crippen molar-refractivity contribution in [1.29, 1.82) is 0 Å². The number of nitrogens with zero attached hydrogens (tertiary/aromatic N) is 5. The van der Waals surface area contributed by atoms with E-state index >= 15 is 0 Å². The van der Waals surface area contributed by atoms with Crippen molar-refractivity contribution in [3.05, 3.63) is 24.5 Å². The molecule has 0 amide bonds. The lowest BCUT2D eigenvalue weighted by Crippen LogP contribution is -2.03. The van der Waals surface area contributed by atoms with Gasteiger partial charge in [0.25, 0.3) is 0 Å². The third kappa shape index (κ3) is 3.84. The van der Waals surface area contributed by atoms with Gasteiger partial charge in [0.15, 0.2) is 5.82 Å². The smallest absolute Gasteiger partial charge is 0.303 e. The molecule has 7 heteroatoms. The number of aryl methyl sites for hydroxylation is 1. The van der Waals surface area contributed by atoms with Crippen molar-refractivity contribution in [2.24, 2.45) is 0 Å². The Morgan fingerprint density at radius 3 is 2.95 bits per heavy atom. The van der Waals surface area contributed by atoms with Crippen molar-refractivity contribution in [2.75, 3.05) is 0 Å². The lowest BCUT2D eigenvalue weighted by molar-refractivity contribution is -0.137. The molecule has 0 aliphatic heterocycles. The van der Waals surface area contributed by atoms with Crippen LogP contribution in [0.5, 0.6) is 0 Å². The molecule has 2 aromatic rings. The molecule has 0 aliphatic carbocycles. The average Bonchev–Trinajstić information content (AvgIpc) is 2.87. The summed E-state index contributed by atoms with van der Waals surface area (Å²) < 4.78 is 1.72. The van der Waals surface area contributed by atoms with Crippen LogP contribution in [0.1, 0.15) is 25.7 Å². The van der Waals surface area contributed by atoms with Gasteiger partial charge < -0.3 is 5.11 Å². The fourth-order valence-corrected chi connectivity index (χ4v) is 1.77. The first-order chi connectivity index (χ1) is 9.27. The van der Waals surface area contributed by atoms with Gasteiger partial charge in [0.2, 0.25) is 0 Å². The van der Waals surface area contributed by atoms with Gasteiger partial charge in [-0.2, -0.15) is 0 Å². The van der Waals surface area contributed by atoms with Crippen molar-refractivity contribution in [2.45, 2.75) is 32.2 Å². The number of aromatic nitrogens is 5. The molecule has 0 unspecified atom stereocenters. The van der Waals surface area contributed by atoms with Crippen LogP contribution in [0.2, 0.25) is 0 Å². The van der Waals surface area contributed by atoms with Gasteiger partial charge in [0.05, 0.1) is 0 Å². The molecule has 2 rings (SSSR count). The maximum atomic E-state index is 10.4. The highest BCUT2D eigenvalue weighted by Gasteiger charge is 2.08. The van der Waals surface area contributed by atoms with Gasteiger partial charge >= 0.3 is 5.97 Å². The van der Waals surface area contributed by atoms with Gasteiger partial charge in [-0.25, -0.2) is 4.68 Å². The quantitative estimate of drug-likeness (QED) is 0.757. The molecule has 0 aliphatic rings. The molecule has 19 heavy (non-hydrogen) atoms. The Hall–Kier alpha value is -2.31. The highest BCUT2D eigenvalue weighted by molar-refractivity contribution is 5.66. The van der Waals surface area contributed by atoms with Crippen LogP contribution in [0.15, 0.2) is 24.5 Å². The van der Waals surface area contributed by atoms with Gasteiger partial charge in [-0.05, 0) is 35.4 Å². The van der Waals surface area contributed by atoms with Crippen LogP contribution in [0.3, 0.4) is 0 Å². The zero-order valence-electron chi connectivity index (χ0n) is 10.4. The van der Waals surface area contributed by atoms with Gasteiger partial charge in [0.1, 0.15) is 0 Å². The molecule has 0 saturated heterocycles. The van der Waals surface area contributed by atoms with Crippen LogP contribution >= 0.6 is 0 Å². The summed E-state index contributed by atoms with van der Waals surface area (Å²) in [6, 6.07) is 3.74. The molecule has 2 heterocycles. The number of hydrogen-bond donors (Lipinski definition) is 1. The Bertz CT molecular complexity index is 526. The van der Waals surface area contributed by atoms with Crippen molar-refractivity contribution in [3.8, 4) is 11.4 Å². The lowest BCUT2D eigenvalue weighted by atomic mass is 10.2. The normalized spacial score (nSPS) is 10.5. The summed E-state index contributed by atoms with van der Waals surface area (Å²) in [5, 5.41) is 20.1. The number of unbranched alkanes of at least 4 members (excludes halogenated alkanes) is 2. The molecule has 0 spiro atoms. The number of hydrogen-bond acceptors (Lipinski definition) is 5. The number of aliphatic carboxylic acids is 1. The van der Waals surface area contributed by atoms with Crippen molar-refractivity contribution < 1.29 is 9.90 Å². The Morgan fingerprint density at radius 2 is 2.21 bits per heavy atom. The Morgan fingerprint density at radius 1 is 1.32 bits per heavy atom. The highest BCUT2D eigenvalue weighted by Crippen LogP contribution is 2.14. The maximum absolute atomic E-state index is 10.4. The number of carboxylic acids is 1. The Balaban J connectivity index is 1.88. The van der Waals surface area contributed by atoms with Crippen LogP contribution in [0, 0.1) is 0 Å². The molecular formula is C12H15N5O2. The predicted molar refractivity (Wildman–Crippen MR) is 67.2 cm³/mol. The van der Waals surface area contributed by atoms with E-state index in [1.165, 1.54) is 0 Å². The summed E-state index contributed by atoms with van der Waals surface area (Å²) in [6.07, 6.45) is 6.01. The lowest BCUT2D eigenvalue weighted by Gasteiger charge is -2.03. The molecule has 0 bridgehead atoms. The highest BCUT2D eigenvalue weighted by atomic mass is 16.4. The van der Waals surface area contributed by atoms with E-state index in [1.807, 2.05) is 12.1 Å². The molecule has 0 saturated carbocycles. The molecule has 1 N–H and O–H groups in total. The van der Waals surface area contributed by atoms with E-state index in [1.54, 1.807) is 17.1 Å². The Labute approximate surface area is 110 Å². The fourth-order valence-electron chi connectivity index (χ4n) is 1.77. The first kappa shape index (κ1) is 13.1. The fraction of sp³-hybridized carbons (Fsp3) is 0.417. The van der Waals surface area contributed by atoms with Crippen LogP contribution in [0.4, 0.5) is 0 Å². The molecule has 0 fully saturated rings. The van der Waals surface area contributed by atoms with E-state index < -0.39 is 5.97 Å². The number of pyridine rings is 1. The second-order valence-corrected chi connectivity index (χ2v) is 4.17.